The van der Waals surface area contributed by atoms with E-state index in [0.717, 1.165) is 31.6 Å². The highest BCUT2D eigenvalue weighted by molar-refractivity contribution is 5.89. The second-order valence-electron chi connectivity index (χ2n) is 4.24. The molecule has 0 unspecified atom stereocenters. The van der Waals surface area contributed by atoms with Gasteiger partial charge in [-0.05, 0) is 37.1 Å². The second-order valence-corrected chi connectivity index (χ2v) is 4.24. The van der Waals surface area contributed by atoms with Gasteiger partial charge in [0.1, 0.15) is 0 Å². The fourth-order valence-electron chi connectivity index (χ4n) is 1.87. The summed E-state index contributed by atoms with van der Waals surface area (Å²) in [6.45, 7) is 1.85. The van der Waals surface area contributed by atoms with Crippen LogP contribution in [0.4, 0.5) is 16.2 Å². The summed E-state index contributed by atoms with van der Waals surface area (Å²) in [6, 6.07) is 6.89. The van der Waals surface area contributed by atoms with Crippen molar-refractivity contribution in [3.63, 3.8) is 0 Å². The minimum absolute atomic E-state index is 0.198. The number of nitrogens with two attached hydrogens (primary N) is 1. The van der Waals surface area contributed by atoms with Crippen LogP contribution in [-0.4, -0.2) is 24.1 Å². The fraction of sp³-hybridized carbons (Fsp3) is 0.417. The van der Waals surface area contributed by atoms with Gasteiger partial charge in [0, 0.05) is 24.5 Å². The van der Waals surface area contributed by atoms with Gasteiger partial charge in [0.2, 0.25) is 0 Å². The molecule has 2 amide bonds. The highest BCUT2D eigenvalue weighted by Crippen LogP contribution is 2.10. The summed E-state index contributed by atoms with van der Waals surface area (Å²) in [4.78, 5) is 11.7. The summed E-state index contributed by atoms with van der Waals surface area (Å²) in [5.41, 5.74) is 9.84. The molecule has 0 saturated carbocycles. The fourth-order valence-corrected chi connectivity index (χ4v) is 1.87. The summed E-state index contributed by atoms with van der Waals surface area (Å²) in [5.74, 6) is 0. The van der Waals surface area contributed by atoms with E-state index in [0.29, 0.717) is 5.69 Å². The first-order chi connectivity index (χ1) is 8.24. The number of hydrogen-bond donors (Lipinski definition) is 3. The van der Waals surface area contributed by atoms with E-state index in [2.05, 4.69) is 10.7 Å². The zero-order chi connectivity index (χ0) is 12.1. The standard InChI is InChI=1S/C12H18N4O/c13-10-4-6-11(7-5-10)14-12(17)15-16-8-2-1-3-9-16/h4-7H,1-3,8-9,13H2,(H2,14,15,17). The van der Waals surface area contributed by atoms with E-state index >= 15 is 0 Å². The van der Waals surface area contributed by atoms with E-state index in [1.165, 1.54) is 6.42 Å². The third-order valence-corrected chi connectivity index (χ3v) is 2.78. The van der Waals surface area contributed by atoms with Crippen LogP contribution in [0, 0.1) is 0 Å². The van der Waals surface area contributed by atoms with Gasteiger partial charge in [0.25, 0.3) is 0 Å². The lowest BCUT2D eigenvalue weighted by Crippen LogP contribution is -2.46. The van der Waals surface area contributed by atoms with Crippen LogP contribution >= 0.6 is 0 Å². The molecule has 17 heavy (non-hydrogen) atoms. The molecule has 5 heteroatoms. The normalized spacial score (nSPS) is 16.5. The molecule has 1 aliphatic rings. The van der Waals surface area contributed by atoms with E-state index in [1.54, 1.807) is 24.3 Å². The summed E-state index contributed by atoms with van der Waals surface area (Å²) < 4.78 is 0. The van der Waals surface area contributed by atoms with E-state index in [9.17, 15) is 4.79 Å². The topological polar surface area (TPSA) is 70.4 Å². The Bertz CT molecular complexity index is 371. The van der Waals surface area contributed by atoms with Crippen molar-refractivity contribution < 1.29 is 4.79 Å². The molecule has 0 aliphatic carbocycles. The number of nitrogens with one attached hydrogen (secondary N) is 2. The maximum absolute atomic E-state index is 11.7. The van der Waals surface area contributed by atoms with Gasteiger partial charge in [-0.2, -0.15) is 0 Å². The number of carbonyl (C=O) groups excluding carboxylic acids is 1. The lowest BCUT2D eigenvalue weighted by atomic mass is 10.2. The first-order valence-electron chi connectivity index (χ1n) is 5.92. The molecular weight excluding hydrogens is 216 g/mol. The van der Waals surface area contributed by atoms with Crippen LogP contribution in [0.3, 0.4) is 0 Å². The van der Waals surface area contributed by atoms with Crippen molar-refractivity contribution in [2.75, 3.05) is 24.1 Å². The third kappa shape index (κ3) is 3.64. The molecule has 4 N–H and O–H groups in total. The Morgan fingerprint density at radius 2 is 1.76 bits per heavy atom. The van der Waals surface area contributed by atoms with Crippen LogP contribution in [0.15, 0.2) is 24.3 Å². The molecule has 0 aromatic heterocycles. The van der Waals surface area contributed by atoms with Crippen LogP contribution in [-0.2, 0) is 0 Å². The Labute approximate surface area is 101 Å². The van der Waals surface area contributed by atoms with Gasteiger partial charge < -0.3 is 11.1 Å². The first-order valence-corrected chi connectivity index (χ1v) is 5.92. The molecule has 2 rings (SSSR count). The number of carbonyl (C=O) groups is 1. The van der Waals surface area contributed by atoms with E-state index < -0.39 is 0 Å². The number of urea groups is 1. The number of nitrogens with zero attached hydrogens (tertiary/aromatic N) is 1. The molecule has 1 saturated heterocycles. The maximum atomic E-state index is 11.7. The molecule has 0 spiro atoms. The number of benzene rings is 1. The predicted molar refractivity (Wildman–Crippen MR) is 68.4 cm³/mol. The van der Waals surface area contributed by atoms with Crippen molar-refractivity contribution in [3.8, 4) is 0 Å². The molecule has 1 heterocycles. The molecule has 92 valence electrons. The number of piperidine rings is 1. The minimum atomic E-state index is -0.198. The zero-order valence-corrected chi connectivity index (χ0v) is 9.78. The highest BCUT2D eigenvalue weighted by atomic mass is 16.2. The van der Waals surface area contributed by atoms with Crippen LogP contribution in [0.1, 0.15) is 19.3 Å². The van der Waals surface area contributed by atoms with E-state index in [1.807, 2.05) is 5.01 Å². The maximum Gasteiger partial charge on any atom is 0.333 e. The molecule has 1 aliphatic heterocycles. The van der Waals surface area contributed by atoms with Crippen molar-refractivity contribution in [2.24, 2.45) is 0 Å². The SMILES string of the molecule is Nc1ccc(NC(=O)NN2CCCCC2)cc1. The Balaban J connectivity index is 1.82. The number of anilines is 2. The quantitative estimate of drug-likeness (QED) is 0.683. The smallest absolute Gasteiger partial charge is 0.333 e. The van der Waals surface area contributed by atoms with Crippen molar-refractivity contribution in [1.29, 1.82) is 0 Å². The lowest BCUT2D eigenvalue weighted by molar-refractivity contribution is 0.162. The molecule has 1 fully saturated rings. The average molecular weight is 234 g/mol. The van der Waals surface area contributed by atoms with Gasteiger partial charge in [0.15, 0.2) is 0 Å². The first kappa shape index (κ1) is 11.7. The summed E-state index contributed by atoms with van der Waals surface area (Å²) in [5, 5.41) is 4.72. The number of rotatable bonds is 2. The summed E-state index contributed by atoms with van der Waals surface area (Å²) in [6.07, 6.45) is 3.53. The number of nitrogen functional groups attached to an aromatic ring is 1. The van der Waals surface area contributed by atoms with Crippen molar-refractivity contribution in [2.45, 2.75) is 19.3 Å². The molecule has 0 bridgehead atoms. The molecule has 5 nitrogen and oxygen atoms in total. The van der Waals surface area contributed by atoms with E-state index in [4.69, 9.17) is 5.73 Å². The van der Waals surface area contributed by atoms with Gasteiger partial charge >= 0.3 is 6.03 Å². The van der Waals surface area contributed by atoms with Gasteiger partial charge in [-0.15, -0.1) is 0 Å². The molecule has 1 aromatic carbocycles. The van der Waals surface area contributed by atoms with E-state index in [-0.39, 0.29) is 6.03 Å². The average Bonchev–Trinajstić information content (AvgIpc) is 2.33. The van der Waals surface area contributed by atoms with Crippen molar-refractivity contribution >= 4 is 17.4 Å². The monoisotopic (exact) mass is 234 g/mol. The Hall–Kier alpha value is -1.75. The molecule has 1 aromatic rings. The lowest BCUT2D eigenvalue weighted by Gasteiger charge is -2.26. The summed E-state index contributed by atoms with van der Waals surface area (Å²) in [7, 11) is 0. The van der Waals surface area contributed by atoms with Gasteiger partial charge in [-0.3, -0.25) is 5.43 Å². The third-order valence-electron chi connectivity index (χ3n) is 2.78. The number of hydrogen-bond acceptors (Lipinski definition) is 3. The van der Waals surface area contributed by atoms with Crippen molar-refractivity contribution in [1.82, 2.24) is 10.4 Å². The van der Waals surface area contributed by atoms with Crippen molar-refractivity contribution in [3.05, 3.63) is 24.3 Å². The van der Waals surface area contributed by atoms with Crippen LogP contribution in [0.2, 0.25) is 0 Å². The second kappa shape index (κ2) is 5.54. The molecular formula is C12H18N4O. The largest absolute Gasteiger partial charge is 0.399 e. The van der Waals surface area contributed by atoms with Crippen LogP contribution in [0.5, 0.6) is 0 Å². The Morgan fingerprint density at radius 3 is 2.41 bits per heavy atom. The Morgan fingerprint density at radius 1 is 1.12 bits per heavy atom. The zero-order valence-electron chi connectivity index (χ0n) is 9.78. The van der Waals surface area contributed by atoms with Gasteiger partial charge in [-0.25, -0.2) is 9.80 Å². The van der Waals surface area contributed by atoms with Crippen LogP contribution in [0.25, 0.3) is 0 Å². The molecule has 0 radical (unpaired) electrons. The Kier molecular flexibility index (Phi) is 3.82. The van der Waals surface area contributed by atoms with Crippen LogP contribution < -0.4 is 16.5 Å². The number of amides is 2. The van der Waals surface area contributed by atoms with Gasteiger partial charge in [0.05, 0.1) is 0 Å². The minimum Gasteiger partial charge on any atom is -0.399 e. The van der Waals surface area contributed by atoms with Gasteiger partial charge in [-0.1, -0.05) is 6.42 Å². The molecule has 0 atom stereocenters. The highest BCUT2D eigenvalue weighted by Gasteiger charge is 2.12. The predicted octanol–water partition coefficient (Wildman–Crippen LogP) is 1.79. The summed E-state index contributed by atoms with van der Waals surface area (Å²) >= 11 is 0. The number of hydrazine groups is 1.